The number of allylic oxidation sites excluding steroid dienone is 1. The van der Waals surface area contributed by atoms with Crippen molar-refractivity contribution in [3.63, 3.8) is 0 Å². The van der Waals surface area contributed by atoms with Gasteiger partial charge in [0, 0.05) is 35.9 Å². The fraction of sp³-hybridized carbons (Fsp3) is 0.194. The zero-order valence-corrected chi connectivity index (χ0v) is 23.2. The molecule has 0 amide bonds. The number of ketones is 1. The first-order valence-corrected chi connectivity index (χ1v) is 12.3. The van der Waals surface area contributed by atoms with E-state index in [-0.39, 0.29) is 5.56 Å². The van der Waals surface area contributed by atoms with Crippen molar-refractivity contribution in [1.29, 1.82) is 0 Å². The standard InChI is InChI=1S/C27H28FNO4.C4H4O4/c1-29(2)15-16-33-26-14-10-19(22-7-5-6-8-27(22)32-4)17-20(26)9-13-25(30)23-12-11-21(31-3)18-24(23)28;5-3(6)1-2-4(7)8/h5-14,17-18H,15-16H2,1-4H3;1-2H,(H,5,6)(H,7,8)/b13-9+;2-1+. The van der Waals surface area contributed by atoms with Crippen molar-refractivity contribution in [3.8, 4) is 28.4 Å². The maximum absolute atomic E-state index is 14.3. The Morgan fingerprint density at radius 2 is 1.54 bits per heavy atom. The van der Waals surface area contributed by atoms with Gasteiger partial charge in [-0.3, -0.25) is 4.79 Å². The van der Waals surface area contributed by atoms with Crippen LogP contribution in [-0.2, 0) is 9.59 Å². The second-order valence-electron chi connectivity index (χ2n) is 8.66. The van der Waals surface area contributed by atoms with Gasteiger partial charge in [0.1, 0.15) is 29.7 Å². The summed E-state index contributed by atoms with van der Waals surface area (Å²) in [4.78, 5) is 33.8. The maximum Gasteiger partial charge on any atom is 0.328 e. The predicted molar refractivity (Wildman–Crippen MR) is 153 cm³/mol. The molecule has 0 radical (unpaired) electrons. The molecule has 0 unspecified atom stereocenters. The number of hydrogen-bond acceptors (Lipinski definition) is 7. The Balaban J connectivity index is 0.000000642. The summed E-state index contributed by atoms with van der Waals surface area (Å²) >= 11 is 0. The summed E-state index contributed by atoms with van der Waals surface area (Å²) < 4.78 is 30.8. The first kappa shape index (κ1) is 32.3. The summed E-state index contributed by atoms with van der Waals surface area (Å²) in [5.74, 6) is -1.86. The lowest BCUT2D eigenvalue weighted by Crippen LogP contribution is -2.19. The van der Waals surface area contributed by atoms with Crippen LogP contribution in [0.3, 0.4) is 0 Å². The molecular formula is C31H32FNO8. The van der Waals surface area contributed by atoms with E-state index in [9.17, 15) is 18.8 Å². The Kier molecular flexibility index (Phi) is 12.8. The lowest BCUT2D eigenvalue weighted by atomic mass is 10.0. The van der Waals surface area contributed by atoms with Crippen molar-refractivity contribution in [3.05, 3.63) is 95.8 Å². The third kappa shape index (κ3) is 10.6. The van der Waals surface area contributed by atoms with Crippen LogP contribution in [-0.4, -0.2) is 74.3 Å². The van der Waals surface area contributed by atoms with Gasteiger partial charge in [-0.15, -0.1) is 0 Å². The van der Waals surface area contributed by atoms with Gasteiger partial charge in [0.25, 0.3) is 0 Å². The van der Waals surface area contributed by atoms with E-state index >= 15 is 0 Å². The van der Waals surface area contributed by atoms with Gasteiger partial charge < -0.3 is 29.3 Å². The average molecular weight is 566 g/mol. The molecule has 0 aromatic heterocycles. The van der Waals surface area contributed by atoms with E-state index in [0.29, 0.717) is 35.8 Å². The highest BCUT2D eigenvalue weighted by atomic mass is 19.1. The van der Waals surface area contributed by atoms with Crippen molar-refractivity contribution in [2.75, 3.05) is 41.5 Å². The summed E-state index contributed by atoms with van der Waals surface area (Å²) in [5.41, 5.74) is 2.51. The van der Waals surface area contributed by atoms with Gasteiger partial charge in [-0.25, -0.2) is 14.0 Å². The smallest absolute Gasteiger partial charge is 0.328 e. The SMILES string of the molecule is COc1ccc(C(=O)/C=C/c2cc(-c3ccccc3OC)ccc2OCCN(C)C)c(F)c1.O=C(O)/C=C/C(=O)O. The van der Waals surface area contributed by atoms with Gasteiger partial charge in [-0.05, 0) is 62.1 Å². The van der Waals surface area contributed by atoms with Gasteiger partial charge in [0.2, 0.25) is 0 Å². The second-order valence-corrected chi connectivity index (χ2v) is 8.66. The van der Waals surface area contributed by atoms with Crippen molar-refractivity contribution in [2.45, 2.75) is 0 Å². The number of carboxylic acids is 2. The largest absolute Gasteiger partial charge is 0.497 e. The lowest BCUT2D eigenvalue weighted by Gasteiger charge is -2.15. The molecule has 0 saturated heterocycles. The molecule has 0 aliphatic rings. The van der Waals surface area contributed by atoms with Crippen molar-refractivity contribution in [1.82, 2.24) is 4.90 Å². The number of likely N-dealkylation sites (N-methyl/N-ethyl adjacent to an activating group) is 1. The number of para-hydroxylation sites is 1. The number of ether oxygens (including phenoxy) is 3. The van der Waals surface area contributed by atoms with E-state index in [1.807, 2.05) is 61.5 Å². The third-order valence-corrected chi connectivity index (χ3v) is 5.45. The van der Waals surface area contributed by atoms with E-state index in [0.717, 1.165) is 23.4 Å². The van der Waals surface area contributed by atoms with Crippen LogP contribution < -0.4 is 14.2 Å². The summed E-state index contributed by atoms with van der Waals surface area (Å²) in [6.07, 6.45) is 4.12. The van der Waals surface area contributed by atoms with Gasteiger partial charge in [0.05, 0.1) is 19.8 Å². The zero-order valence-electron chi connectivity index (χ0n) is 23.2. The fourth-order valence-electron chi connectivity index (χ4n) is 3.42. The Bertz CT molecular complexity index is 1400. The summed E-state index contributed by atoms with van der Waals surface area (Å²) in [7, 11) is 7.01. The van der Waals surface area contributed by atoms with Crippen LogP contribution in [0.1, 0.15) is 15.9 Å². The molecule has 3 aromatic carbocycles. The quantitative estimate of drug-likeness (QED) is 0.229. The predicted octanol–water partition coefficient (Wildman–Crippen LogP) is 5.06. The molecule has 0 heterocycles. The van der Waals surface area contributed by atoms with Crippen LogP contribution in [0.4, 0.5) is 4.39 Å². The molecule has 0 aliphatic heterocycles. The lowest BCUT2D eigenvalue weighted by molar-refractivity contribution is -0.134. The number of aliphatic carboxylic acids is 2. The Labute approximate surface area is 237 Å². The zero-order chi connectivity index (χ0) is 30.4. The highest BCUT2D eigenvalue weighted by molar-refractivity contribution is 6.07. The number of hydrogen-bond donors (Lipinski definition) is 2. The van der Waals surface area contributed by atoms with Crippen LogP contribution in [0.15, 0.2) is 78.9 Å². The molecule has 3 rings (SSSR count). The average Bonchev–Trinajstić information content (AvgIpc) is 2.95. The van der Waals surface area contributed by atoms with Gasteiger partial charge >= 0.3 is 11.9 Å². The normalized spacial score (nSPS) is 10.8. The third-order valence-electron chi connectivity index (χ3n) is 5.45. The summed E-state index contributed by atoms with van der Waals surface area (Å²) in [6, 6.07) is 17.6. The molecule has 3 aromatic rings. The molecule has 0 fully saturated rings. The number of carboxylic acid groups (broad SMARTS) is 2. The monoisotopic (exact) mass is 565 g/mol. The molecular weight excluding hydrogens is 533 g/mol. The second kappa shape index (κ2) is 16.2. The van der Waals surface area contributed by atoms with Crippen molar-refractivity contribution >= 4 is 23.8 Å². The van der Waals surface area contributed by atoms with Crippen LogP contribution >= 0.6 is 0 Å². The van der Waals surface area contributed by atoms with Crippen LogP contribution in [0.2, 0.25) is 0 Å². The van der Waals surface area contributed by atoms with Gasteiger partial charge in [-0.2, -0.15) is 0 Å². The first-order valence-electron chi connectivity index (χ1n) is 12.3. The number of halogens is 1. The topological polar surface area (TPSA) is 123 Å². The first-order chi connectivity index (χ1) is 19.5. The molecule has 10 heteroatoms. The Morgan fingerprint density at radius 1 is 0.854 bits per heavy atom. The number of carbonyl (C=O) groups is 3. The van der Waals surface area contributed by atoms with E-state index in [4.69, 9.17) is 24.4 Å². The van der Waals surface area contributed by atoms with Gasteiger partial charge in [0.15, 0.2) is 5.78 Å². The molecule has 0 aliphatic carbocycles. The van der Waals surface area contributed by atoms with Crippen molar-refractivity contribution in [2.24, 2.45) is 0 Å². The molecule has 216 valence electrons. The van der Waals surface area contributed by atoms with Crippen LogP contribution in [0, 0.1) is 5.82 Å². The summed E-state index contributed by atoms with van der Waals surface area (Å²) in [5, 5.41) is 15.6. The Morgan fingerprint density at radius 3 is 2.12 bits per heavy atom. The van der Waals surface area contributed by atoms with E-state index in [1.165, 1.54) is 25.3 Å². The van der Waals surface area contributed by atoms with E-state index in [2.05, 4.69) is 0 Å². The Hall–Kier alpha value is -4.96. The minimum Gasteiger partial charge on any atom is -0.497 e. The fourth-order valence-corrected chi connectivity index (χ4v) is 3.42. The number of benzene rings is 3. The molecule has 0 atom stereocenters. The van der Waals surface area contributed by atoms with Gasteiger partial charge in [-0.1, -0.05) is 24.3 Å². The number of carbonyl (C=O) groups excluding carboxylic acids is 1. The molecule has 2 N–H and O–H groups in total. The number of nitrogens with zero attached hydrogens (tertiary/aromatic N) is 1. The highest BCUT2D eigenvalue weighted by Gasteiger charge is 2.12. The molecule has 0 bridgehead atoms. The minimum absolute atomic E-state index is 0.0250. The van der Waals surface area contributed by atoms with E-state index < -0.39 is 23.5 Å². The summed E-state index contributed by atoms with van der Waals surface area (Å²) in [6.45, 7) is 1.23. The maximum atomic E-state index is 14.3. The van der Waals surface area contributed by atoms with Crippen molar-refractivity contribution < 1.29 is 43.2 Å². The van der Waals surface area contributed by atoms with E-state index in [1.54, 1.807) is 19.3 Å². The minimum atomic E-state index is -1.26. The molecule has 0 saturated carbocycles. The highest BCUT2D eigenvalue weighted by Crippen LogP contribution is 2.33. The number of rotatable bonds is 12. The molecule has 9 nitrogen and oxygen atoms in total. The number of methoxy groups -OCH3 is 2. The van der Waals surface area contributed by atoms with Crippen LogP contribution in [0.5, 0.6) is 17.2 Å². The molecule has 0 spiro atoms. The van der Waals surface area contributed by atoms with Crippen LogP contribution in [0.25, 0.3) is 17.2 Å². The molecule has 41 heavy (non-hydrogen) atoms.